The molecule has 0 aliphatic heterocycles. The average molecular weight is 379 g/mol. The first-order valence-electron chi connectivity index (χ1n) is 6.10. The molecule has 3 nitrogen and oxygen atoms in total. The van der Waals surface area contributed by atoms with Gasteiger partial charge in [0, 0.05) is 23.3 Å². The Hall–Kier alpha value is -0.130. The summed E-state index contributed by atoms with van der Waals surface area (Å²) in [6.07, 6.45) is 2.94. The molecule has 1 atom stereocenters. The standard InChI is InChI=1S/C13H21Br2N3/c1-9(2)5-11(8-18(3)4)17-13-12(15)6-10(14)7-16-13/h6-7,9,11H,5,8H2,1-4H3,(H,16,17). The summed E-state index contributed by atoms with van der Waals surface area (Å²) < 4.78 is 1.97. The number of aromatic nitrogens is 1. The van der Waals surface area contributed by atoms with Crippen LogP contribution in [0.5, 0.6) is 0 Å². The second kappa shape index (κ2) is 7.46. The number of pyridine rings is 1. The van der Waals surface area contributed by atoms with Crippen molar-refractivity contribution in [3.8, 4) is 0 Å². The van der Waals surface area contributed by atoms with Gasteiger partial charge in [-0.2, -0.15) is 0 Å². The minimum Gasteiger partial charge on any atom is -0.365 e. The van der Waals surface area contributed by atoms with Crippen LogP contribution < -0.4 is 5.32 Å². The van der Waals surface area contributed by atoms with E-state index in [1.807, 2.05) is 12.3 Å². The van der Waals surface area contributed by atoms with Gasteiger partial charge in [-0.05, 0) is 64.4 Å². The molecule has 1 aromatic heterocycles. The number of likely N-dealkylation sites (N-methyl/N-ethyl adjacent to an activating group) is 1. The monoisotopic (exact) mass is 377 g/mol. The maximum atomic E-state index is 4.41. The first kappa shape index (κ1) is 15.9. The summed E-state index contributed by atoms with van der Waals surface area (Å²) in [6, 6.07) is 2.42. The largest absolute Gasteiger partial charge is 0.365 e. The zero-order valence-corrected chi connectivity index (χ0v) is 14.5. The molecule has 1 unspecified atom stereocenters. The van der Waals surface area contributed by atoms with E-state index in [1.54, 1.807) is 0 Å². The molecule has 0 saturated carbocycles. The molecular formula is C13H21Br2N3. The fourth-order valence-corrected chi connectivity index (χ4v) is 3.00. The number of hydrogen-bond donors (Lipinski definition) is 1. The molecule has 1 heterocycles. The van der Waals surface area contributed by atoms with Gasteiger partial charge in [0.2, 0.25) is 0 Å². The zero-order valence-electron chi connectivity index (χ0n) is 11.4. The van der Waals surface area contributed by atoms with Crippen LogP contribution in [0.25, 0.3) is 0 Å². The Bertz CT molecular complexity index is 370. The Morgan fingerprint density at radius 2 is 2.00 bits per heavy atom. The zero-order chi connectivity index (χ0) is 13.7. The third-order valence-electron chi connectivity index (χ3n) is 2.49. The van der Waals surface area contributed by atoms with Crippen molar-refractivity contribution in [2.75, 3.05) is 26.0 Å². The maximum absolute atomic E-state index is 4.41. The van der Waals surface area contributed by atoms with E-state index >= 15 is 0 Å². The topological polar surface area (TPSA) is 28.2 Å². The molecule has 18 heavy (non-hydrogen) atoms. The fraction of sp³-hybridized carbons (Fsp3) is 0.615. The number of nitrogens with zero attached hydrogens (tertiary/aromatic N) is 2. The normalized spacial score (nSPS) is 13.1. The number of anilines is 1. The van der Waals surface area contributed by atoms with Crippen LogP contribution >= 0.6 is 31.9 Å². The van der Waals surface area contributed by atoms with Crippen LogP contribution in [0.2, 0.25) is 0 Å². The van der Waals surface area contributed by atoms with Gasteiger partial charge >= 0.3 is 0 Å². The van der Waals surface area contributed by atoms with E-state index in [9.17, 15) is 0 Å². The summed E-state index contributed by atoms with van der Waals surface area (Å²) >= 11 is 6.95. The number of hydrogen-bond acceptors (Lipinski definition) is 3. The second-order valence-electron chi connectivity index (χ2n) is 5.22. The van der Waals surface area contributed by atoms with E-state index in [0.29, 0.717) is 12.0 Å². The maximum Gasteiger partial charge on any atom is 0.140 e. The van der Waals surface area contributed by atoms with Crippen LogP contribution in [-0.4, -0.2) is 36.6 Å². The summed E-state index contributed by atoms with van der Waals surface area (Å²) in [4.78, 5) is 6.61. The molecule has 0 amide bonds. The van der Waals surface area contributed by atoms with Crippen LogP contribution in [-0.2, 0) is 0 Å². The molecule has 0 saturated heterocycles. The minimum atomic E-state index is 0.407. The summed E-state index contributed by atoms with van der Waals surface area (Å²) in [5.41, 5.74) is 0. The Morgan fingerprint density at radius 1 is 1.33 bits per heavy atom. The van der Waals surface area contributed by atoms with Gasteiger partial charge in [0.15, 0.2) is 0 Å². The average Bonchev–Trinajstić information content (AvgIpc) is 2.20. The predicted molar refractivity (Wildman–Crippen MR) is 85.1 cm³/mol. The van der Waals surface area contributed by atoms with Gasteiger partial charge in [-0.15, -0.1) is 0 Å². The predicted octanol–water partition coefficient (Wildman–Crippen LogP) is 3.99. The summed E-state index contributed by atoms with van der Waals surface area (Å²) in [5.74, 6) is 1.57. The Kier molecular flexibility index (Phi) is 6.60. The fourth-order valence-electron chi connectivity index (χ4n) is 1.90. The molecule has 1 rings (SSSR count). The van der Waals surface area contributed by atoms with Gasteiger partial charge in [0.25, 0.3) is 0 Å². The van der Waals surface area contributed by atoms with Crippen LogP contribution in [0.3, 0.4) is 0 Å². The van der Waals surface area contributed by atoms with E-state index in [0.717, 1.165) is 27.7 Å². The first-order valence-corrected chi connectivity index (χ1v) is 7.69. The van der Waals surface area contributed by atoms with Gasteiger partial charge in [0.05, 0.1) is 4.47 Å². The van der Waals surface area contributed by atoms with Crippen molar-refractivity contribution in [1.29, 1.82) is 0 Å². The lowest BCUT2D eigenvalue weighted by molar-refractivity contribution is 0.356. The lowest BCUT2D eigenvalue weighted by atomic mass is 10.0. The van der Waals surface area contributed by atoms with E-state index in [4.69, 9.17) is 0 Å². The molecule has 0 bridgehead atoms. The van der Waals surface area contributed by atoms with E-state index in [2.05, 4.69) is 75.0 Å². The van der Waals surface area contributed by atoms with Crippen molar-refractivity contribution in [2.45, 2.75) is 26.3 Å². The van der Waals surface area contributed by atoms with Crippen molar-refractivity contribution in [1.82, 2.24) is 9.88 Å². The van der Waals surface area contributed by atoms with Gasteiger partial charge in [-0.25, -0.2) is 4.98 Å². The number of halogens is 2. The molecule has 0 aliphatic carbocycles. The van der Waals surface area contributed by atoms with Gasteiger partial charge < -0.3 is 10.2 Å². The Balaban J connectivity index is 2.75. The highest BCUT2D eigenvalue weighted by Gasteiger charge is 2.14. The highest BCUT2D eigenvalue weighted by Crippen LogP contribution is 2.24. The molecular weight excluding hydrogens is 358 g/mol. The third kappa shape index (κ3) is 5.67. The van der Waals surface area contributed by atoms with Crippen molar-refractivity contribution < 1.29 is 0 Å². The summed E-state index contributed by atoms with van der Waals surface area (Å²) in [6.45, 7) is 5.49. The lowest BCUT2D eigenvalue weighted by Crippen LogP contribution is -2.33. The quantitative estimate of drug-likeness (QED) is 0.810. The number of nitrogens with one attached hydrogen (secondary N) is 1. The molecule has 0 spiro atoms. The smallest absolute Gasteiger partial charge is 0.140 e. The second-order valence-corrected chi connectivity index (χ2v) is 6.99. The Morgan fingerprint density at radius 3 is 2.50 bits per heavy atom. The van der Waals surface area contributed by atoms with Gasteiger partial charge in [0.1, 0.15) is 5.82 Å². The molecule has 102 valence electrons. The van der Waals surface area contributed by atoms with Gasteiger partial charge in [-0.1, -0.05) is 13.8 Å². The summed E-state index contributed by atoms with van der Waals surface area (Å²) in [5, 5.41) is 3.52. The SMILES string of the molecule is CC(C)CC(CN(C)C)Nc1ncc(Br)cc1Br. The van der Waals surface area contributed by atoms with Gasteiger partial charge in [-0.3, -0.25) is 0 Å². The van der Waals surface area contributed by atoms with Crippen molar-refractivity contribution >= 4 is 37.7 Å². The third-order valence-corrected chi connectivity index (χ3v) is 3.53. The van der Waals surface area contributed by atoms with E-state index < -0.39 is 0 Å². The lowest BCUT2D eigenvalue weighted by Gasteiger charge is -2.24. The van der Waals surface area contributed by atoms with Crippen LogP contribution in [0, 0.1) is 5.92 Å². The highest BCUT2D eigenvalue weighted by molar-refractivity contribution is 9.11. The molecule has 0 radical (unpaired) electrons. The molecule has 1 aromatic rings. The van der Waals surface area contributed by atoms with Crippen molar-refractivity contribution in [2.24, 2.45) is 5.92 Å². The van der Waals surface area contributed by atoms with Crippen molar-refractivity contribution in [3.63, 3.8) is 0 Å². The Labute approximate surface area is 127 Å². The molecule has 0 aliphatic rings. The van der Waals surface area contributed by atoms with Crippen LogP contribution in [0.15, 0.2) is 21.2 Å². The first-order chi connectivity index (χ1) is 8.38. The highest BCUT2D eigenvalue weighted by atomic mass is 79.9. The molecule has 1 N–H and O–H groups in total. The molecule has 0 fully saturated rings. The van der Waals surface area contributed by atoms with Crippen LogP contribution in [0.4, 0.5) is 5.82 Å². The molecule has 5 heteroatoms. The van der Waals surface area contributed by atoms with E-state index in [-0.39, 0.29) is 0 Å². The summed E-state index contributed by atoms with van der Waals surface area (Å²) in [7, 11) is 4.19. The number of rotatable bonds is 6. The van der Waals surface area contributed by atoms with Crippen LogP contribution in [0.1, 0.15) is 20.3 Å². The minimum absolute atomic E-state index is 0.407. The molecule has 0 aromatic carbocycles. The van der Waals surface area contributed by atoms with E-state index in [1.165, 1.54) is 0 Å². The van der Waals surface area contributed by atoms with Crippen molar-refractivity contribution in [3.05, 3.63) is 21.2 Å².